The highest BCUT2D eigenvalue weighted by Crippen LogP contribution is 2.22. The number of nitro benzene ring substituents is 1. The Bertz CT molecular complexity index is 653. The molecule has 5 heteroatoms. The number of hydrogen-bond acceptors (Lipinski definition) is 4. The second kappa shape index (κ2) is 7.13. The lowest BCUT2D eigenvalue weighted by atomic mass is 10.1. The standard InChI is InChI=1S/C17H21N3O2/c1-4-12(2)18-11-15-7-10-17(19-13(15)3)14-5-8-16(9-6-14)20(21)22/h5-10,12,18H,4,11H2,1-3H3. The smallest absolute Gasteiger partial charge is 0.269 e. The SMILES string of the molecule is CCC(C)NCc1ccc(-c2ccc([N+](=O)[O-])cc2)nc1C. The van der Waals surface area contributed by atoms with Gasteiger partial charge in [-0.1, -0.05) is 13.0 Å². The van der Waals surface area contributed by atoms with Crippen LogP contribution in [0.2, 0.25) is 0 Å². The van der Waals surface area contributed by atoms with Crippen molar-refractivity contribution in [3.63, 3.8) is 0 Å². The first kappa shape index (κ1) is 16.1. The Balaban J connectivity index is 2.16. The van der Waals surface area contributed by atoms with E-state index in [4.69, 9.17) is 0 Å². The molecule has 0 saturated carbocycles. The molecule has 0 radical (unpaired) electrons. The van der Waals surface area contributed by atoms with Gasteiger partial charge in [0, 0.05) is 36.0 Å². The van der Waals surface area contributed by atoms with E-state index in [0.717, 1.165) is 29.9 Å². The van der Waals surface area contributed by atoms with Crippen molar-refractivity contribution in [2.45, 2.75) is 39.8 Å². The second-order valence-electron chi connectivity index (χ2n) is 5.44. The first-order valence-electron chi connectivity index (χ1n) is 7.46. The second-order valence-corrected chi connectivity index (χ2v) is 5.44. The highest BCUT2D eigenvalue weighted by molar-refractivity contribution is 5.61. The molecule has 0 aliphatic heterocycles. The molecule has 1 unspecified atom stereocenters. The summed E-state index contributed by atoms with van der Waals surface area (Å²) in [6, 6.07) is 11.0. The van der Waals surface area contributed by atoms with Crippen molar-refractivity contribution in [1.29, 1.82) is 0 Å². The van der Waals surface area contributed by atoms with Crippen LogP contribution in [-0.2, 0) is 6.54 Å². The van der Waals surface area contributed by atoms with Crippen molar-refractivity contribution in [2.24, 2.45) is 0 Å². The molecule has 0 spiro atoms. The van der Waals surface area contributed by atoms with Crippen LogP contribution in [0.25, 0.3) is 11.3 Å². The molecule has 0 aliphatic rings. The van der Waals surface area contributed by atoms with E-state index in [2.05, 4.69) is 30.2 Å². The van der Waals surface area contributed by atoms with Crippen LogP contribution in [-0.4, -0.2) is 15.9 Å². The average Bonchev–Trinajstić information content (AvgIpc) is 2.53. The third-order valence-electron chi connectivity index (χ3n) is 3.82. The molecule has 1 aromatic carbocycles. The summed E-state index contributed by atoms with van der Waals surface area (Å²) in [5.41, 5.74) is 3.96. The molecular weight excluding hydrogens is 278 g/mol. The van der Waals surface area contributed by atoms with Gasteiger partial charge in [-0.15, -0.1) is 0 Å². The summed E-state index contributed by atoms with van der Waals surface area (Å²) in [4.78, 5) is 14.9. The van der Waals surface area contributed by atoms with Crippen molar-refractivity contribution in [3.8, 4) is 11.3 Å². The monoisotopic (exact) mass is 299 g/mol. The summed E-state index contributed by atoms with van der Waals surface area (Å²) in [5.74, 6) is 0. The average molecular weight is 299 g/mol. The van der Waals surface area contributed by atoms with Crippen molar-refractivity contribution in [2.75, 3.05) is 0 Å². The molecule has 116 valence electrons. The Hall–Kier alpha value is -2.27. The highest BCUT2D eigenvalue weighted by Gasteiger charge is 2.08. The summed E-state index contributed by atoms with van der Waals surface area (Å²) in [7, 11) is 0. The van der Waals surface area contributed by atoms with Gasteiger partial charge in [-0.3, -0.25) is 15.1 Å². The van der Waals surface area contributed by atoms with Gasteiger partial charge in [0.1, 0.15) is 0 Å². The molecule has 2 aromatic rings. The van der Waals surface area contributed by atoms with Crippen LogP contribution in [0.3, 0.4) is 0 Å². The predicted octanol–water partition coefficient (Wildman–Crippen LogP) is 3.85. The first-order chi connectivity index (χ1) is 10.5. The molecule has 1 atom stereocenters. The number of aromatic nitrogens is 1. The lowest BCUT2D eigenvalue weighted by molar-refractivity contribution is -0.384. The van der Waals surface area contributed by atoms with Crippen molar-refractivity contribution >= 4 is 5.69 Å². The van der Waals surface area contributed by atoms with Crippen LogP contribution in [0.15, 0.2) is 36.4 Å². The lowest BCUT2D eigenvalue weighted by Gasteiger charge is -2.13. The van der Waals surface area contributed by atoms with E-state index in [1.807, 2.05) is 13.0 Å². The molecule has 5 nitrogen and oxygen atoms in total. The number of rotatable bonds is 6. The molecule has 1 N–H and O–H groups in total. The van der Waals surface area contributed by atoms with Gasteiger partial charge >= 0.3 is 0 Å². The van der Waals surface area contributed by atoms with Gasteiger partial charge in [0.25, 0.3) is 5.69 Å². The summed E-state index contributed by atoms with van der Waals surface area (Å²) in [6.45, 7) is 7.10. The van der Waals surface area contributed by atoms with E-state index in [1.54, 1.807) is 12.1 Å². The number of non-ortho nitro benzene ring substituents is 1. The number of nitrogens with zero attached hydrogens (tertiary/aromatic N) is 2. The number of hydrogen-bond donors (Lipinski definition) is 1. The molecule has 0 aliphatic carbocycles. The maximum absolute atomic E-state index is 10.7. The Morgan fingerprint density at radius 3 is 2.45 bits per heavy atom. The molecule has 22 heavy (non-hydrogen) atoms. The number of nitrogens with one attached hydrogen (secondary N) is 1. The van der Waals surface area contributed by atoms with Gasteiger partial charge in [-0.25, -0.2) is 0 Å². The highest BCUT2D eigenvalue weighted by atomic mass is 16.6. The summed E-state index contributed by atoms with van der Waals surface area (Å²) < 4.78 is 0. The summed E-state index contributed by atoms with van der Waals surface area (Å²) in [5, 5.41) is 14.1. The Labute approximate surface area is 130 Å². The molecule has 0 fully saturated rings. The van der Waals surface area contributed by atoms with Crippen molar-refractivity contribution < 1.29 is 4.92 Å². The van der Waals surface area contributed by atoms with Gasteiger partial charge in [-0.05, 0) is 44.0 Å². The van der Waals surface area contributed by atoms with Gasteiger partial charge in [0.2, 0.25) is 0 Å². The number of aryl methyl sites for hydroxylation is 1. The molecule has 1 heterocycles. The van der Waals surface area contributed by atoms with Crippen LogP contribution in [0.5, 0.6) is 0 Å². The van der Waals surface area contributed by atoms with E-state index < -0.39 is 4.92 Å². The van der Waals surface area contributed by atoms with E-state index in [9.17, 15) is 10.1 Å². The molecule has 0 amide bonds. The number of pyridine rings is 1. The van der Waals surface area contributed by atoms with Crippen LogP contribution < -0.4 is 5.32 Å². The van der Waals surface area contributed by atoms with Gasteiger partial charge in [-0.2, -0.15) is 0 Å². The fourth-order valence-electron chi connectivity index (χ4n) is 2.12. The molecule has 2 rings (SSSR count). The minimum Gasteiger partial charge on any atom is -0.310 e. The van der Waals surface area contributed by atoms with Crippen LogP contribution in [0.1, 0.15) is 31.5 Å². The van der Waals surface area contributed by atoms with Crippen LogP contribution >= 0.6 is 0 Å². The Morgan fingerprint density at radius 1 is 1.23 bits per heavy atom. The molecular formula is C17H21N3O2. The van der Waals surface area contributed by atoms with Gasteiger partial charge < -0.3 is 5.32 Å². The number of nitro groups is 1. The van der Waals surface area contributed by atoms with E-state index in [0.29, 0.717) is 6.04 Å². The minimum atomic E-state index is -0.397. The Kier molecular flexibility index (Phi) is 5.22. The normalized spacial score (nSPS) is 12.1. The quantitative estimate of drug-likeness (QED) is 0.649. The third-order valence-corrected chi connectivity index (χ3v) is 3.82. The third kappa shape index (κ3) is 3.89. The van der Waals surface area contributed by atoms with Gasteiger partial charge in [0.15, 0.2) is 0 Å². The Morgan fingerprint density at radius 2 is 1.91 bits per heavy atom. The maximum atomic E-state index is 10.7. The first-order valence-corrected chi connectivity index (χ1v) is 7.46. The van der Waals surface area contributed by atoms with E-state index in [-0.39, 0.29) is 5.69 Å². The minimum absolute atomic E-state index is 0.0924. The molecule has 1 aromatic heterocycles. The van der Waals surface area contributed by atoms with Crippen LogP contribution in [0, 0.1) is 17.0 Å². The van der Waals surface area contributed by atoms with Crippen molar-refractivity contribution in [1.82, 2.24) is 10.3 Å². The largest absolute Gasteiger partial charge is 0.310 e. The number of benzene rings is 1. The van der Waals surface area contributed by atoms with E-state index >= 15 is 0 Å². The molecule has 0 saturated heterocycles. The van der Waals surface area contributed by atoms with Gasteiger partial charge in [0.05, 0.1) is 10.6 Å². The zero-order valence-corrected chi connectivity index (χ0v) is 13.2. The van der Waals surface area contributed by atoms with Crippen LogP contribution in [0.4, 0.5) is 5.69 Å². The lowest BCUT2D eigenvalue weighted by Crippen LogP contribution is -2.24. The van der Waals surface area contributed by atoms with Crippen molar-refractivity contribution in [3.05, 3.63) is 57.8 Å². The van der Waals surface area contributed by atoms with E-state index in [1.165, 1.54) is 17.7 Å². The zero-order valence-electron chi connectivity index (χ0n) is 13.2. The maximum Gasteiger partial charge on any atom is 0.269 e. The summed E-state index contributed by atoms with van der Waals surface area (Å²) >= 11 is 0. The fraction of sp³-hybridized carbons (Fsp3) is 0.353. The topological polar surface area (TPSA) is 68.1 Å². The predicted molar refractivity (Wildman–Crippen MR) is 87.7 cm³/mol. The fourth-order valence-corrected chi connectivity index (χ4v) is 2.12. The molecule has 0 bridgehead atoms. The zero-order chi connectivity index (χ0) is 16.1. The summed E-state index contributed by atoms with van der Waals surface area (Å²) in [6.07, 6.45) is 1.09.